The maximum absolute atomic E-state index is 5.67. The van der Waals surface area contributed by atoms with Crippen LogP contribution >= 0.6 is 0 Å². The number of hydrogen-bond acceptors (Lipinski definition) is 4. The molecule has 1 aromatic heterocycles. The molecule has 0 bridgehead atoms. The van der Waals surface area contributed by atoms with Crippen molar-refractivity contribution in [3.05, 3.63) is 48.3 Å². The number of aromatic nitrogens is 1. The zero-order valence-electron chi connectivity index (χ0n) is 10.9. The summed E-state index contributed by atoms with van der Waals surface area (Å²) >= 11 is 0. The van der Waals surface area contributed by atoms with E-state index in [0.29, 0.717) is 6.61 Å². The average molecular weight is 256 g/mol. The average Bonchev–Trinajstić information content (AvgIpc) is 2.48. The zero-order chi connectivity index (χ0) is 13.1. The van der Waals surface area contributed by atoms with Crippen molar-refractivity contribution in [1.82, 2.24) is 4.98 Å². The van der Waals surface area contributed by atoms with Gasteiger partial charge in [0.05, 0.1) is 31.6 Å². The van der Waals surface area contributed by atoms with Gasteiger partial charge in [0.25, 0.3) is 0 Å². The number of hydrogen-bond donors (Lipinski definition) is 0. The van der Waals surface area contributed by atoms with Crippen molar-refractivity contribution in [2.45, 2.75) is 6.54 Å². The molecule has 0 spiro atoms. The summed E-state index contributed by atoms with van der Waals surface area (Å²) in [6.45, 7) is 2.34. The van der Waals surface area contributed by atoms with Gasteiger partial charge in [-0.15, -0.1) is 0 Å². The van der Waals surface area contributed by atoms with E-state index < -0.39 is 0 Å². The Morgan fingerprint density at radius 2 is 2.26 bits per heavy atom. The molecular weight excluding hydrogens is 240 g/mol. The Kier molecular flexibility index (Phi) is 3.23. The van der Waals surface area contributed by atoms with Crippen LogP contribution in [0.4, 0.5) is 5.69 Å². The molecule has 1 aromatic carbocycles. The number of anilines is 1. The van der Waals surface area contributed by atoms with Crippen LogP contribution in [0.2, 0.25) is 0 Å². The molecule has 1 aliphatic rings. The molecule has 2 aromatic rings. The SMILES string of the molecule is COc1ccc2c(c1)N(Cc1ccccn1)CCO2. The smallest absolute Gasteiger partial charge is 0.142 e. The lowest BCUT2D eigenvalue weighted by Gasteiger charge is -2.31. The van der Waals surface area contributed by atoms with Gasteiger partial charge in [-0.2, -0.15) is 0 Å². The number of methoxy groups -OCH3 is 1. The van der Waals surface area contributed by atoms with E-state index in [1.54, 1.807) is 7.11 Å². The van der Waals surface area contributed by atoms with Gasteiger partial charge < -0.3 is 14.4 Å². The summed E-state index contributed by atoms with van der Waals surface area (Å²) < 4.78 is 11.0. The van der Waals surface area contributed by atoms with Crippen LogP contribution in [0.3, 0.4) is 0 Å². The van der Waals surface area contributed by atoms with Gasteiger partial charge in [0.1, 0.15) is 18.1 Å². The maximum atomic E-state index is 5.67. The first kappa shape index (κ1) is 11.8. The number of nitrogens with zero attached hydrogens (tertiary/aromatic N) is 2. The highest BCUT2D eigenvalue weighted by molar-refractivity contribution is 5.62. The minimum Gasteiger partial charge on any atom is -0.497 e. The van der Waals surface area contributed by atoms with Crippen LogP contribution in [0.1, 0.15) is 5.69 Å². The Hall–Kier alpha value is -2.23. The summed E-state index contributed by atoms with van der Waals surface area (Å²) in [5.74, 6) is 1.75. The van der Waals surface area contributed by atoms with Gasteiger partial charge in [-0.05, 0) is 24.3 Å². The second-order valence-corrected chi connectivity index (χ2v) is 4.42. The highest BCUT2D eigenvalue weighted by atomic mass is 16.5. The molecule has 1 aliphatic heterocycles. The lowest BCUT2D eigenvalue weighted by atomic mass is 10.2. The van der Waals surface area contributed by atoms with Crippen LogP contribution in [0.5, 0.6) is 11.5 Å². The Morgan fingerprint density at radius 1 is 1.32 bits per heavy atom. The molecule has 0 atom stereocenters. The number of rotatable bonds is 3. The van der Waals surface area contributed by atoms with Gasteiger partial charge in [-0.3, -0.25) is 4.98 Å². The van der Waals surface area contributed by atoms with Crippen molar-refractivity contribution in [2.24, 2.45) is 0 Å². The number of fused-ring (bicyclic) bond motifs is 1. The Bertz CT molecular complexity index is 557. The van der Waals surface area contributed by atoms with Crippen LogP contribution in [-0.2, 0) is 6.54 Å². The third kappa shape index (κ3) is 2.47. The number of benzene rings is 1. The summed E-state index contributed by atoms with van der Waals surface area (Å²) in [4.78, 5) is 6.64. The van der Waals surface area contributed by atoms with E-state index in [2.05, 4.69) is 9.88 Å². The monoisotopic (exact) mass is 256 g/mol. The molecular formula is C15H16N2O2. The first-order valence-corrected chi connectivity index (χ1v) is 6.32. The topological polar surface area (TPSA) is 34.6 Å². The second kappa shape index (κ2) is 5.18. The predicted octanol–water partition coefficient (Wildman–Crippen LogP) is 2.49. The van der Waals surface area contributed by atoms with Crippen LogP contribution in [0, 0.1) is 0 Å². The van der Waals surface area contributed by atoms with Gasteiger partial charge >= 0.3 is 0 Å². The van der Waals surface area contributed by atoms with E-state index in [0.717, 1.165) is 36.0 Å². The minimum absolute atomic E-state index is 0.701. The standard InChI is InChI=1S/C15H16N2O2/c1-18-13-5-6-15-14(10-13)17(8-9-19-15)11-12-4-2-3-7-16-12/h2-7,10H,8-9,11H2,1H3. The van der Waals surface area contributed by atoms with Crippen molar-refractivity contribution in [1.29, 1.82) is 0 Å². The van der Waals surface area contributed by atoms with Crippen molar-refractivity contribution in [3.8, 4) is 11.5 Å². The first-order chi connectivity index (χ1) is 9.36. The quantitative estimate of drug-likeness (QED) is 0.845. The fourth-order valence-corrected chi connectivity index (χ4v) is 2.23. The van der Waals surface area contributed by atoms with E-state index in [-0.39, 0.29) is 0 Å². The fourth-order valence-electron chi connectivity index (χ4n) is 2.23. The van der Waals surface area contributed by atoms with E-state index in [1.807, 2.05) is 42.6 Å². The van der Waals surface area contributed by atoms with Gasteiger partial charge in [0.2, 0.25) is 0 Å². The molecule has 4 heteroatoms. The number of ether oxygens (including phenoxy) is 2. The molecule has 0 aliphatic carbocycles. The minimum atomic E-state index is 0.701. The van der Waals surface area contributed by atoms with Crippen molar-refractivity contribution >= 4 is 5.69 Å². The number of pyridine rings is 1. The first-order valence-electron chi connectivity index (χ1n) is 6.32. The molecule has 3 rings (SSSR count). The third-order valence-corrected chi connectivity index (χ3v) is 3.20. The van der Waals surface area contributed by atoms with Crippen LogP contribution in [0.25, 0.3) is 0 Å². The molecule has 0 saturated carbocycles. The molecule has 19 heavy (non-hydrogen) atoms. The third-order valence-electron chi connectivity index (χ3n) is 3.20. The predicted molar refractivity (Wildman–Crippen MR) is 73.8 cm³/mol. The highest BCUT2D eigenvalue weighted by Gasteiger charge is 2.19. The van der Waals surface area contributed by atoms with Gasteiger partial charge in [-0.1, -0.05) is 6.07 Å². The molecule has 0 unspecified atom stereocenters. The molecule has 98 valence electrons. The molecule has 4 nitrogen and oxygen atoms in total. The van der Waals surface area contributed by atoms with E-state index >= 15 is 0 Å². The van der Waals surface area contributed by atoms with Crippen LogP contribution in [-0.4, -0.2) is 25.2 Å². The summed E-state index contributed by atoms with van der Waals surface area (Å²) in [7, 11) is 1.68. The van der Waals surface area contributed by atoms with Crippen molar-refractivity contribution in [3.63, 3.8) is 0 Å². The highest BCUT2D eigenvalue weighted by Crippen LogP contribution is 2.35. The molecule has 0 fully saturated rings. The Morgan fingerprint density at radius 3 is 3.05 bits per heavy atom. The zero-order valence-corrected chi connectivity index (χ0v) is 10.9. The van der Waals surface area contributed by atoms with Crippen molar-refractivity contribution in [2.75, 3.05) is 25.2 Å². The van der Waals surface area contributed by atoms with E-state index in [4.69, 9.17) is 9.47 Å². The molecule has 0 amide bonds. The molecule has 0 radical (unpaired) electrons. The van der Waals surface area contributed by atoms with Gasteiger partial charge in [-0.25, -0.2) is 0 Å². The lowest BCUT2D eigenvalue weighted by Crippen LogP contribution is -2.32. The normalized spacial score (nSPS) is 13.6. The lowest BCUT2D eigenvalue weighted by molar-refractivity contribution is 0.305. The second-order valence-electron chi connectivity index (χ2n) is 4.42. The van der Waals surface area contributed by atoms with Gasteiger partial charge in [0.15, 0.2) is 0 Å². The van der Waals surface area contributed by atoms with Crippen LogP contribution < -0.4 is 14.4 Å². The summed E-state index contributed by atoms with van der Waals surface area (Å²) in [5, 5.41) is 0. The Labute approximate surface area is 112 Å². The Balaban J connectivity index is 1.89. The van der Waals surface area contributed by atoms with E-state index in [9.17, 15) is 0 Å². The summed E-state index contributed by atoms with van der Waals surface area (Å²) in [6, 6.07) is 11.9. The van der Waals surface area contributed by atoms with E-state index in [1.165, 1.54) is 0 Å². The maximum Gasteiger partial charge on any atom is 0.142 e. The molecule has 0 N–H and O–H groups in total. The molecule has 0 saturated heterocycles. The summed E-state index contributed by atoms with van der Waals surface area (Å²) in [5.41, 5.74) is 2.12. The van der Waals surface area contributed by atoms with Crippen molar-refractivity contribution < 1.29 is 9.47 Å². The molecule has 2 heterocycles. The largest absolute Gasteiger partial charge is 0.497 e. The van der Waals surface area contributed by atoms with Crippen LogP contribution in [0.15, 0.2) is 42.6 Å². The summed E-state index contributed by atoms with van der Waals surface area (Å²) in [6.07, 6.45) is 1.82. The fraction of sp³-hybridized carbons (Fsp3) is 0.267. The van der Waals surface area contributed by atoms with Gasteiger partial charge in [0, 0.05) is 12.3 Å².